The minimum absolute atomic E-state index is 0.220. The van der Waals surface area contributed by atoms with Crippen LogP contribution in [0.25, 0.3) is 0 Å². The van der Waals surface area contributed by atoms with Crippen molar-refractivity contribution in [3.05, 3.63) is 77.6 Å². The summed E-state index contributed by atoms with van der Waals surface area (Å²) < 4.78 is 10.9. The minimum atomic E-state index is -0.220. The van der Waals surface area contributed by atoms with Crippen LogP contribution in [0.5, 0.6) is 11.5 Å². The molecule has 134 valence electrons. The number of methoxy groups -OCH3 is 1. The van der Waals surface area contributed by atoms with Crippen LogP contribution in [0.15, 0.2) is 60.7 Å². The van der Waals surface area contributed by atoms with E-state index in [1.165, 1.54) is 0 Å². The molecule has 1 heterocycles. The third-order valence-corrected chi connectivity index (χ3v) is 3.87. The summed E-state index contributed by atoms with van der Waals surface area (Å²) in [6.45, 7) is 0.827. The predicted octanol–water partition coefficient (Wildman–Crippen LogP) is 2.97. The molecule has 0 spiro atoms. The standard InChI is InChI=1S/C20H21N3O3/c1-25-19-10-6-5-7-15(19)11-12-21-20(24)18-13-16(22-23-18)14-26-17-8-3-2-4-9-17/h2-10,13H,11-12,14H2,1H3,(H,21,24)(H,22,23). The largest absolute Gasteiger partial charge is 0.496 e. The highest BCUT2D eigenvalue weighted by molar-refractivity contribution is 5.92. The van der Waals surface area contributed by atoms with Gasteiger partial charge < -0.3 is 14.8 Å². The molecule has 0 unspecified atom stereocenters. The molecule has 0 radical (unpaired) electrons. The number of rotatable bonds is 8. The number of hydrogen-bond acceptors (Lipinski definition) is 4. The molecule has 6 heteroatoms. The van der Waals surface area contributed by atoms with E-state index in [2.05, 4.69) is 15.5 Å². The fourth-order valence-corrected chi connectivity index (χ4v) is 2.54. The highest BCUT2D eigenvalue weighted by atomic mass is 16.5. The van der Waals surface area contributed by atoms with Crippen LogP contribution in [-0.4, -0.2) is 29.8 Å². The first kappa shape index (κ1) is 17.5. The maximum Gasteiger partial charge on any atom is 0.271 e. The molecule has 2 aromatic carbocycles. The van der Waals surface area contributed by atoms with Crippen molar-refractivity contribution in [1.29, 1.82) is 0 Å². The summed E-state index contributed by atoms with van der Waals surface area (Å²) in [5.41, 5.74) is 2.13. The van der Waals surface area contributed by atoms with E-state index in [1.807, 2.05) is 54.6 Å². The molecule has 3 rings (SSSR count). The molecule has 0 aliphatic rings. The van der Waals surface area contributed by atoms with Gasteiger partial charge in [0.05, 0.1) is 12.8 Å². The number of nitrogens with one attached hydrogen (secondary N) is 2. The second-order valence-electron chi connectivity index (χ2n) is 5.70. The van der Waals surface area contributed by atoms with Crippen LogP contribution in [0.1, 0.15) is 21.7 Å². The Hall–Kier alpha value is -3.28. The van der Waals surface area contributed by atoms with Crippen molar-refractivity contribution in [3.63, 3.8) is 0 Å². The first-order valence-electron chi connectivity index (χ1n) is 8.38. The Morgan fingerprint density at radius 3 is 2.69 bits per heavy atom. The number of aromatic amines is 1. The van der Waals surface area contributed by atoms with E-state index >= 15 is 0 Å². The molecule has 26 heavy (non-hydrogen) atoms. The molecular weight excluding hydrogens is 330 g/mol. The second kappa shape index (κ2) is 8.71. The summed E-state index contributed by atoms with van der Waals surface area (Å²) in [5.74, 6) is 1.37. The number of hydrogen-bond donors (Lipinski definition) is 2. The van der Waals surface area contributed by atoms with Gasteiger partial charge in [0.2, 0.25) is 0 Å². The number of H-pyrrole nitrogens is 1. The fourth-order valence-electron chi connectivity index (χ4n) is 2.54. The summed E-state index contributed by atoms with van der Waals surface area (Å²) in [7, 11) is 1.64. The molecule has 2 N–H and O–H groups in total. The smallest absolute Gasteiger partial charge is 0.271 e. The lowest BCUT2D eigenvalue weighted by Gasteiger charge is -2.08. The Balaban J connectivity index is 1.48. The highest BCUT2D eigenvalue weighted by Crippen LogP contribution is 2.17. The van der Waals surface area contributed by atoms with Gasteiger partial charge in [-0.05, 0) is 36.2 Å². The SMILES string of the molecule is COc1ccccc1CCNC(=O)c1cc(COc2ccccc2)[nH]n1. The van der Waals surface area contributed by atoms with Crippen LogP contribution in [0.4, 0.5) is 0 Å². The summed E-state index contributed by atoms with van der Waals surface area (Å²) in [6, 6.07) is 19.0. The number of carbonyl (C=O) groups excluding carboxylic acids is 1. The molecule has 0 fully saturated rings. The molecule has 0 atom stereocenters. The minimum Gasteiger partial charge on any atom is -0.496 e. The van der Waals surface area contributed by atoms with E-state index in [4.69, 9.17) is 9.47 Å². The summed E-state index contributed by atoms with van der Waals surface area (Å²) in [6.07, 6.45) is 0.685. The van der Waals surface area contributed by atoms with Gasteiger partial charge >= 0.3 is 0 Å². The van der Waals surface area contributed by atoms with Crippen molar-refractivity contribution in [2.45, 2.75) is 13.0 Å². The van der Waals surface area contributed by atoms with E-state index in [-0.39, 0.29) is 5.91 Å². The third kappa shape index (κ3) is 4.63. The van der Waals surface area contributed by atoms with Gasteiger partial charge in [-0.2, -0.15) is 5.10 Å². The van der Waals surface area contributed by atoms with E-state index < -0.39 is 0 Å². The normalized spacial score (nSPS) is 10.3. The molecule has 0 saturated heterocycles. The lowest BCUT2D eigenvalue weighted by atomic mass is 10.1. The number of ether oxygens (including phenoxy) is 2. The van der Waals surface area contributed by atoms with Crippen molar-refractivity contribution >= 4 is 5.91 Å². The number of para-hydroxylation sites is 2. The molecule has 6 nitrogen and oxygen atoms in total. The molecule has 1 amide bonds. The summed E-state index contributed by atoms with van der Waals surface area (Å²) in [5, 5.41) is 9.74. The van der Waals surface area contributed by atoms with Crippen LogP contribution >= 0.6 is 0 Å². The summed E-state index contributed by atoms with van der Waals surface area (Å²) >= 11 is 0. The molecular formula is C20H21N3O3. The van der Waals surface area contributed by atoms with Gasteiger partial charge in [0.25, 0.3) is 5.91 Å². The zero-order chi connectivity index (χ0) is 18.2. The van der Waals surface area contributed by atoms with E-state index in [9.17, 15) is 4.79 Å². The maximum absolute atomic E-state index is 12.2. The van der Waals surface area contributed by atoms with Crippen LogP contribution in [-0.2, 0) is 13.0 Å². The van der Waals surface area contributed by atoms with Crippen molar-refractivity contribution < 1.29 is 14.3 Å². The van der Waals surface area contributed by atoms with Crippen LogP contribution in [0.2, 0.25) is 0 Å². The van der Waals surface area contributed by atoms with Crippen LogP contribution in [0, 0.1) is 0 Å². The quantitative estimate of drug-likeness (QED) is 0.654. The number of nitrogens with zero attached hydrogens (tertiary/aromatic N) is 1. The molecule has 1 aromatic heterocycles. The molecule has 0 saturated carbocycles. The lowest BCUT2D eigenvalue weighted by molar-refractivity contribution is 0.0949. The Kier molecular flexibility index (Phi) is 5.88. The zero-order valence-electron chi connectivity index (χ0n) is 14.6. The van der Waals surface area contributed by atoms with Gasteiger partial charge in [-0.15, -0.1) is 0 Å². The highest BCUT2D eigenvalue weighted by Gasteiger charge is 2.11. The topological polar surface area (TPSA) is 76.2 Å². The van der Waals surface area contributed by atoms with Gasteiger partial charge in [-0.25, -0.2) is 0 Å². The lowest BCUT2D eigenvalue weighted by Crippen LogP contribution is -2.26. The predicted molar refractivity (Wildman–Crippen MR) is 98.4 cm³/mol. The molecule has 0 aliphatic heterocycles. The maximum atomic E-state index is 12.2. The average Bonchev–Trinajstić information content (AvgIpc) is 3.17. The van der Waals surface area contributed by atoms with Crippen molar-refractivity contribution in [2.75, 3.05) is 13.7 Å². The average molecular weight is 351 g/mol. The third-order valence-electron chi connectivity index (χ3n) is 3.87. The first-order chi connectivity index (χ1) is 12.8. The number of benzene rings is 2. The van der Waals surface area contributed by atoms with Gasteiger partial charge in [0.15, 0.2) is 0 Å². The van der Waals surface area contributed by atoms with Gasteiger partial charge in [0, 0.05) is 6.54 Å². The zero-order valence-corrected chi connectivity index (χ0v) is 14.6. The number of amides is 1. The molecule has 0 aliphatic carbocycles. The second-order valence-corrected chi connectivity index (χ2v) is 5.70. The monoisotopic (exact) mass is 351 g/mol. The fraction of sp³-hybridized carbons (Fsp3) is 0.200. The van der Waals surface area contributed by atoms with Crippen LogP contribution in [0.3, 0.4) is 0 Å². The van der Waals surface area contributed by atoms with E-state index in [1.54, 1.807) is 13.2 Å². The Bertz CT molecular complexity index is 846. The Labute approximate surface area is 152 Å². The number of carbonyl (C=O) groups is 1. The van der Waals surface area contributed by atoms with Crippen molar-refractivity contribution in [1.82, 2.24) is 15.5 Å². The first-order valence-corrected chi connectivity index (χ1v) is 8.38. The van der Waals surface area contributed by atoms with Gasteiger partial charge in [-0.3, -0.25) is 9.89 Å². The van der Waals surface area contributed by atoms with Crippen LogP contribution < -0.4 is 14.8 Å². The summed E-state index contributed by atoms with van der Waals surface area (Å²) in [4.78, 5) is 12.2. The van der Waals surface area contributed by atoms with Gasteiger partial charge in [-0.1, -0.05) is 36.4 Å². The van der Waals surface area contributed by atoms with E-state index in [0.717, 1.165) is 22.8 Å². The van der Waals surface area contributed by atoms with Crippen molar-refractivity contribution in [3.8, 4) is 11.5 Å². The van der Waals surface area contributed by atoms with Crippen molar-refractivity contribution in [2.24, 2.45) is 0 Å². The molecule has 3 aromatic rings. The van der Waals surface area contributed by atoms with Gasteiger partial charge in [0.1, 0.15) is 23.8 Å². The Morgan fingerprint density at radius 1 is 1.12 bits per heavy atom. The van der Waals surface area contributed by atoms with E-state index in [0.29, 0.717) is 25.3 Å². The Morgan fingerprint density at radius 2 is 1.88 bits per heavy atom. The molecule has 0 bridgehead atoms. The number of aromatic nitrogens is 2.